The molecule has 90 valence electrons. The van der Waals surface area contributed by atoms with Crippen molar-refractivity contribution < 1.29 is 0 Å². The third-order valence-electron chi connectivity index (χ3n) is 3.17. The number of hydrogen-bond donors (Lipinski definition) is 0. The van der Waals surface area contributed by atoms with Gasteiger partial charge in [-0.2, -0.15) is 0 Å². The molecule has 1 aromatic rings. The van der Waals surface area contributed by atoms with Crippen LogP contribution in [-0.4, -0.2) is 0 Å². The molecule has 0 fully saturated rings. The van der Waals surface area contributed by atoms with Gasteiger partial charge in [-0.15, -0.1) is 0 Å². The predicted molar refractivity (Wildman–Crippen MR) is 73.0 cm³/mol. The van der Waals surface area contributed by atoms with E-state index in [2.05, 4.69) is 65.8 Å². The first-order valence-corrected chi connectivity index (χ1v) is 6.41. The second-order valence-corrected chi connectivity index (χ2v) is 6.40. The molecule has 0 heteroatoms. The summed E-state index contributed by atoms with van der Waals surface area (Å²) in [7, 11) is 0. The van der Waals surface area contributed by atoms with E-state index in [1.54, 1.807) is 0 Å². The van der Waals surface area contributed by atoms with Gasteiger partial charge >= 0.3 is 0 Å². The van der Waals surface area contributed by atoms with E-state index in [0.717, 1.165) is 5.92 Å². The Morgan fingerprint density at radius 3 is 1.81 bits per heavy atom. The molecular formula is C16H26. The molecule has 0 spiro atoms. The monoisotopic (exact) mass is 218 g/mol. The van der Waals surface area contributed by atoms with Crippen LogP contribution in [0.5, 0.6) is 0 Å². The highest BCUT2D eigenvalue weighted by Gasteiger charge is 2.14. The van der Waals surface area contributed by atoms with E-state index in [9.17, 15) is 0 Å². The second kappa shape index (κ2) is 5.03. The molecule has 0 aliphatic rings. The van der Waals surface area contributed by atoms with Gasteiger partial charge in [-0.1, -0.05) is 65.8 Å². The van der Waals surface area contributed by atoms with Gasteiger partial charge < -0.3 is 0 Å². The van der Waals surface area contributed by atoms with Crippen molar-refractivity contribution in [1.29, 1.82) is 0 Å². The van der Waals surface area contributed by atoms with Gasteiger partial charge in [-0.05, 0) is 34.8 Å². The Hall–Kier alpha value is -0.780. The average Bonchev–Trinajstić information content (AvgIpc) is 2.15. The summed E-state index contributed by atoms with van der Waals surface area (Å²) < 4.78 is 0. The lowest BCUT2D eigenvalue weighted by atomic mass is 9.85. The van der Waals surface area contributed by atoms with Gasteiger partial charge in [0.1, 0.15) is 0 Å². The largest absolute Gasteiger partial charge is 0.0628 e. The number of hydrogen-bond acceptors (Lipinski definition) is 0. The SMILES string of the molecule is CC(C)CC(C)c1ccc(C(C)(C)C)cc1. The Bertz CT molecular complexity index is 311. The standard InChI is InChI=1S/C16H26/c1-12(2)11-13(3)14-7-9-15(10-8-14)16(4,5)6/h7-10,12-13H,11H2,1-6H3. The molecule has 1 aromatic carbocycles. The molecule has 0 amide bonds. The van der Waals surface area contributed by atoms with E-state index >= 15 is 0 Å². The van der Waals surface area contributed by atoms with Crippen molar-refractivity contribution in [1.82, 2.24) is 0 Å². The zero-order valence-electron chi connectivity index (χ0n) is 11.7. The summed E-state index contributed by atoms with van der Waals surface area (Å²) >= 11 is 0. The molecule has 0 bridgehead atoms. The van der Waals surface area contributed by atoms with Crippen LogP contribution in [0.3, 0.4) is 0 Å². The maximum Gasteiger partial charge on any atom is -0.0132 e. The highest BCUT2D eigenvalue weighted by molar-refractivity contribution is 5.29. The van der Waals surface area contributed by atoms with Gasteiger partial charge in [0.25, 0.3) is 0 Å². The molecule has 0 aliphatic carbocycles. The second-order valence-electron chi connectivity index (χ2n) is 6.40. The van der Waals surface area contributed by atoms with Crippen LogP contribution in [0.25, 0.3) is 0 Å². The van der Waals surface area contributed by atoms with Crippen LogP contribution in [0.1, 0.15) is 65.0 Å². The summed E-state index contributed by atoms with van der Waals surface area (Å²) in [5.74, 6) is 1.45. The lowest BCUT2D eigenvalue weighted by molar-refractivity contribution is 0.523. The molecular weight excluding hydrogens is 192 g/mol. The fraction of sp³-hybridized carbons (Fsp3) is 0.625. The van der Waals surface area contributed by atoms with Crippen LogP contribution in [0.2, 0.25) is 0 Å². The van der Waals surface area contributed by atoms with E-state index in [1.165, 1.54) is 17.5 Å². The van der Waals surface area contributed by atoms with Crippen molar-refractivity contribution in [3.8, 4) is 0 Å². The topological polar surface area (TPSA) is 0 Å². The van der Waals surface area contributed by atoms with E-state index in [-0.39, 0.29) is 5.41 Å². The molecule has 0 aliphatic heterocycles. The van der Waals surface area contributed by atoms with Gasteiger partial charge in [0.05, 0.1) is 0 Å². The van der Waals surface area contributed by atoms with Crippen LogP contribution in [0, 0.1) is 5.92 Å². The van der Waals surface area contributed by atoms with Gasteiger partial charge in [-0.3, -0.25) is 0 Å². The summed E-state index contributed by atoms with van der Waals surface area (Å²) in [6.45, 7) is 13.7. The first-order chi connectivity index (χ1) is 7.30. The number of rotatable bonds is 3. The molecule has 0 N–H and O–H groups in total. The molecule has 0 nitrogen and oxygen atoms in total. The van der Waals surface area contributed by atoms with Crippen LogP contribution in [-0.2, 0) is 5.41 Å². The average molecular weight is 218 g/mol. The van der Waals surface area contributed by atoms with E-state index in [4.69, 9.17) is 0 Å². The molecule has 0 heterocycles. The van der Waals surface area contributed by atoms with E-state index < -0.39 is 0 Å². The summed E-state index contributed by atoms with van der Waals surface area (Å²) in [5.41, 5.74) is 3.16. The first kappa shape index (κ1) is 13.3. The fourth-order valence-corrected chi connectivity index (χ4v) is 2.15. The fourth-order valence-electron chi connectivity index (χ4n) is 2.15. The molecule has 1 atom stereocenters. The summed E-state index contributed by atoms with van der Waals surface area (Å²) in [5, 5.41) is 0. The maximum atomic E-state index is 2.33. The van der Waals surface area contributed by atoms with Gasteiger partial charge in [-0.25, -0.2) is 0 Å². The van der Waals surface area contributed by atoms with Crippen molar-refractivity contribution in [3.63, 3.8) is 0 Å². The molecule has 16 heavy (non-hydrogen) atoms. The molecule has 1 unspecified atom stereocenters. The quantitative estimate of drug-likeness (QED) is 0.659. The Labute approximate surface area is 101 Å². The minimum absolute atomic E-state index is 0.264. The highest BCUT2D eigenvalue weighted by Crippen LogP contribution is 2.27. The smallest absolute Gasteiger partial charge is 0.0132 e. The Kier molecular flexibility index (Phi) is 4.18. The minimum atomic E-state index is 0.264. The minimum Gasteiger partial charge on any atom is -0.0628 e. The predicted octanol–water partition coefficient (Wildman–Crippen LogP) is 5.13. The van der Waals surface area contributed by atoms with Crippen molar-refractivity contribution in [2.24, 2.45) is 5.92 Å². The van der Waals surface area contributed by atoms with Crippen molar-refractivity contribution >= 4 is 0 Å². The Morgan fingerprint density at radius 1 is 0.938 bits per heavy atom. The zero-order chi connectivity index (χ0) is 12.3. The molecule has 1 rings (SSSR count). The van der Waals surface area contributed by atoms with Crippen LogP contribution < -0.4 is 0 Å². The van der Waals surface area contributed by atoms with Gasteiger partial charge in [0, 0.05) is 0 Å². The van der Waals surface area contributed by atoms with E-state index in [1.807, 2.05) is 0 Å². The number of benzene rings is 1. The van der Waals surface area contributed by atoms with Crippen LogP contribution in [0.4, 0.5) is 0 Å². The highest BCUT2D eigenvalue weighted by atomic mass is 14.2. The molecule has 0 aromatic heterocycles. The lowest BCUT2D eigenvalue weighted by Gasteiger charge is -2.20. The van der Waals surface area contributed by atoms with Crippen LogP contribution >= 0.6 is 0 Å². The molecule has 0 saturated heterocycles. The van der Waals surface area contributed by atoms with Gasteiger partial charge in [0.15, 0.2) is 0 Å². The lowest BCUT2D eigenvalue weighted by Crippen LogP contribution is -2.11. The molecule has 0 radical (unpaired) electrons. The normalized spacial score (nSPS) is 14.2. The third kappa shape index (κ3) is 3.66. The van der Waals surface area contributed by atoms with Crippen molar-refractivity contribution in [3.05, 3.63) is 35.4 Å². The Balaban J connectivity index is 2.79. The van der Waals surface area contributed by atoms with Gasteiger partial charge in [0.2, 0.25) is 0 Å². The summed E-state index contributed by atoms with van der Waals surface area (Å²) in [6.07, 6.45) is 1.27. The first-order valence-electron chi connectivity index (χ1n) is 6.41. The Morgan fingerprint density at radius 2 is 1.44 bits per heavy atom. The maximum absolute atomic E-state index is 2.33. The van der Waals surface area contributed by atoms with E-state index in [0.29, 0.717) is 5.92 Å². The summed E-state index contributed by atoms with van der Waals surface area (Å²) in [6, 6.07) is 9.17. The third-order valence-corrected chi connectivity index (χ3v) is 3.17. The molecule has 0 saturated carbocycles. The van der Waals surface area contributed by atoms with Crippen molar-refractivity contribution in [2.75, 3.05) is 0 Å². The zero-order valence-corrected chi connectivity index (χ0v) is 11.7. The summed E-state index contributed by atoms with van der Waals surface area (Å²) in [4.78, 5) is 0. The van der Waals surface area contributed by atoms with Crippen LogP contribution in [0.15, 0.2) is 24.3 Å². The van der Waals surface area contributed by atoms with Crippen molar-refractivity contribution in [2.45, 2.75) is 59.3 Å².